The van der Waals surface area contributed by atoms with Crippen molar-refractivity contribution in [3.63, 3.8) is 0 Å². The number of carbonyl (C=O) groups excluding carboxylic acids is 1. The molecule has 0 radical (unpaired) electrons. The van der Waals surface area contributed by atoms with Crippen LogP contribution < -0.4 is 0 Å². The molecule has 0 bridgehead atoms. The second kappa shape index (κ2) is 7.88. The molecule has 2 aromatic carbocycles. The van der Waals surface area contributed by atoms with Crippen LogP contribution >= 0.6 is 0 Å². The van der Waals surface area contributed by atoms with E-state index in [-0.39, 0.29) is 18.1 Å². The number of rotatable bonds is 5. The van der Waals surface area contributed by atoms with Crippen molar-refractivity contribution in [1.29, 1.82) is 0 Å². The van der Waals surface area contributed by atoms with Crippen LogP contribution in [0, 0.1) is 19.7 Å². The number of ketones is 1. The zero-order valence-corrected chi connectivity index (χ0v) is 16.3. The van der Waals surface area contributed by atoms with E-state index in [0.29, 0.717) is 36.6 Å². The van der Waals surface area contributed by atoms with Gasteiger partial charge in [-0.2, -0.15) is 4.31 Å². The quantitative estimate of drug-likeness (QED) is 0.737. The Morgan fingerprint density at radius 3 is 2.26 bits per heavy atom. The Kier molecular flexibility index (Phi) is 5.74. The Labute approximate surface area is 159 Å². The van der Waals surface area contributed by atoms with Crippen molar-refractivity contribution in [2.24, 2.45) is 0 Å². The number of piperazine rings is 1. The molecule has 0 aromatic heterocycles. The van der Waals surface area contributed by atoms with Crippen LogP contribution in [0.3, 0.4) is 0 Å². The van der Waals surface area contributed by atoms with Crippen molar-refractivity contribution in [2.75, 3.05) is 32.7 Å². The Morgan fingerprint density at radius 2 is 1.63 bits per heavy atom. The van der Waals surface area contributed by atoms with Crippen molar-refractivity contribution in [3.05, 3.63) is 65.0 Å². The van der Waals surface area contributed by atoms with Gasteiger partial charge in [-0.25, -0.2) is 12.8 Å². The van der Waals surface area contributed by atoms with Gasteiger partial charge >= 0.3 is 0 Å². The Bertz CT molecular complexity index is 934. The minimum Gasteiger partial charge on any atom is -0.293 e. The van der Waals surface area contributed by atoms with Gasteiger partial charge in [0.25, 0.3) is 0 Å². The SMILES string of the molecule is Cc1ccc(C)c(S(=O)(=O)N2CCN(CC(=O)c3ccc(F)cc3)CC2)c1. The number of halogens is 1. The van der Waals surface area contributed by atoms with Gasteiger partial charge in [0.1, 0.15) is 5.82 Å². The molecular formula is C20H23FN2O3S. The van der Waals surface area contributed by atoms with Crippen molar-refractivity contribution in [2.45, 2.75) is 18.7 Å². The average Bonchev–Trinajstić information content (AvgIpc) is 2.64. The van der Waals surface area contributed by atoms with E-state index in [2.05, 4.69) is 0 Å². The summed E-state index contributed by atoms with van der Waals surface area (Å²) in [7, 11) is -3.54. The lowest BCUT2D eigenvalue weighted by Crippen LogP contribution is -2.49. The molecule has 27 heavy (non-hydrogen) atoms. The number of sulfonamides is 1. The number of aryl methyl sites for hydroxylation is 2. The van der Waals surface area contributed by atoms with Crippen LogP contribution in [-0.2, 0) is 10.0 Å². The molecule has 0 aliphatic carbocycles. The molecule has 1 heterocycles. The van der Waals surface area contributed by atoms with Gasteiger partial charge in [0.2, 0.25) is 10.0 Å². The van der Waals surface area contributed by atoms with Gasteiger partial charge in [-0.3, -0.25) is 9.69 Å². The predicted molar refractivity (Wildman–Crippen MR) is 102 cm³/mol. The average molecular weight is 390 g/mol. The first-order valence-corrected chi connectivity index (χ1v) is 10.3. The predicted octanol–water partition coefficient (Wildman–Crippen LogP) is 2.63. The summed E-state index contributed by atoms with van der Waals surface area (Å²) in [6.07, 6.45) is 0. The molecule has 5 nitrogen and oxygen atoms in total. The summed E-state index contributed by atoms with van der Waals surface area (Å²) in [4.78, 5) is 14.6. The highest BCUT2D eigenvalue weighted by Gasteiger charge is 2.30. The first-order valence-electron chi connectivity index (χ1n) is 8.86. The van der Waals surface area contributed by atoms with Crippen LogP contribution in [0.4, 0.5) is 4.39 Å². The molecule has 1 saturated heterocycles. The molecule has 0 spiro atoms. The molecule has 0 atom stereocenters. The van der Waals surface area contributed by atoms with Gasteiger partial charge in [-0.05, 0) is 55.3 Å². The van der Waals surface area contributed by atoms with Crippen molar-refractivity contribution in [1.82, 2.24) is 9.21 Å². The van der Waals surface area contributed by atoms with E-state index in [1.807, 2.05) is 24.0 Å². The fourth-order valence-corrected chi connectivity index (χ4v) is 4.91. The zero-order valence-electron chi connectivity index (χ0n) is 15.5. The lowest BCUT2D eigenvalue weighted by atomic mass is 10.1. The second-order valence-corrected chi connectivity index (χ2v) is 8.79. The molecular weight excluding hydrogens is 367 g/mol. The topological polar surface area (TPSA) is 57.7 Å². The number of hydrogen-bond donors (Lipinski definition) is 0. The summed E-state index contributed by atoms with van der Waals surface area (Å²) >= 11 is 0. The third-order valence-electron chi connectivity index (χ3n) is 4.83. The minimum atomic E-state index is -3.54. The number of nitrogens with zero attached hydrogens (tertiary/aromatic N) is 2. The lowest BCUT2D eigenvalue weighted by Gasteiger charge is -2.33. The molecule has 0 saturated carbocycles. The first-order chi connectivity index (χ1) is 12.8. The highest BCUT2D eigenvalue weighted by molar-refractivity contribution is 7.89. The Hall–Kier alpha value is -2.09. The van der Waals surface area contributed by atoms with Crippen molar-refractivity contribution < 1.29 is 17.6 Å². The summed E-state index contributed by atoms with van der Waals surface area (Å²) in [6.45, 7) is 5.51. The maximum atomic E-state index is 13.0. The molecule has 0 N–H and O–H groups in total. The largest absolute Gasteiger partial charge is 0.293 e. The maximum Gasteiger partial charge on any atom is 0.243 e. The summed E-state index contributed by atoms with van der Waals surface area (Å²) in [5.41, 5.74) is 2.10. The zero-order chi connectivity index (χ0) is 19.6. The first kappa shape index (κ1) is 19.7. The summed E-state index contributed by atoms with van der Waals surface area (Å²) in [5.74, 6) is -0.474. The normalized spacial score (nSPS) is 16.4. The van der Waals surface area contributed by atoms with Crippen LogP contribution in [0.5, 0.6) is 0 Å². The fraction of sp³-hybridized carbons (Fsp3) is 0.350. The van der Waals surface area contributed by atoms with Crippen molar-refractivity contribution >= 4 is 15.8 Å². The smallest absolute Gasteiger partial charge is 0.243 e. The Morgan fingerprint density at radius 1 is 1.00 bits per heavy atom. The van der Waals surface area contributed by atoms with Crippen LogP contribution in [0.15, 0.2) is 47.4 Å². The molecule has 1 aliphatic rings. The molecule has 1 fully saturated rings. The van der Waals surface area contributed by atoms with E-state index in [1.54, 1.807) is 13.0 Å². The standard InChI is InChI=1S/C20H23FN2O3S/c1-15-3-4-16(2)20(13-15)27(25,26)23-11-9-22(10-12-23)14-19(24)17-5-7-18(21)8-6-17/h3-8,13H,9-12,14H2,1-2H3. The van der Waals surface area contributed by atoms with Gasteiger partial charge in [0, 0.05) is 31.7 Å². The van der Waals surface area contributed by atoms with Crippen molar-refractivity contribution in [3.8, 4) is 0 Å². The monoisotopic (exact) mass is 390 g/mol. The molecule has 3 rings (SSSR count). The molecule has 144 valence electrons. The van der Waals surface area contributed by atoms with Gasteiger partial charge in [-0.1, -0.05) is 12.1 Å². The number of hydrogen-bond acceptors (Lipinski definition) is 4. The molecule has 0 unspecified atom stereocenters. The third kappa shape index (κ3) is 4.43. The minimum absolute atomic E-state index is 0.0964. The maximum absolute atomic E-state index is 13.0. The highest BCUT2D eigenvalue weighted by atomic mass is 32.2. The van der Waals surface area contributed by atoms with Crippen LogP contribution in [0.25, 0.3) is 0 Å². The number of benzene rings is 2. The van der Waals surface area contributed by atoms with E-state index in [4.69, 9.17) is 0 Å². The molecule has 2 aromatic rings. The van der Waals surface area contributed by atoms with E-state index < -0.39 is 10.0 Å². The number of carbonyl (C=O) groups is 1. The highest BCUT2D eigenvalue weighted by Crippen LogP contribution is 2.22. The van der Waals surface area contributed by atoms with Gasteiger partial charge < -0.3 is 0 Å². The van der Waals surface area contributed by atoms with E-state index in [1.165, 1.54) is 28.6 Å². The number of Topliss-reactive ketones (excluding diaryl/α,β-unsaturated/α-hetero) is 1. The summed E-state index contributed by atoms with van der Waals surface area (Å²) in [6, 6.07) is 10.9. The summed E-state index contributed by atoms with van der Waals surface area (Å²) < 4.78 is 40.3. The van der Waals surface area contributed by atoms with E-state index in [9.17, 15) is 17.6 Å². The van der Waals surface area contributed by atoms with Gasteiger partial charge in [-0.15, -0.1) is 0 Å². The summed E-state index contributed by atoms with van der Waals surface area (Å²) in [5, 5.41) is 0. The van der Waals surface area contributed by atoms with Crippen LogP contribution in [0.2, 0.25) is 0 Å². The lowest BCUT2D eigenvalue weighted by molar-refractivity contribution is 0.0901. The second-order valence-electron chi connectivity index (χ2n) is 6.88. The Balaban J connectivity index is 1.63. The molecule has 0 amide bonds. The third-order valence-corrected chi connectivity index (χ3v) is 6.87. The molecule has 1 aliphatic heterocycles. The fourth-order valence-electron chi connectivity index (χ4n) is 3.18. The van der Waals surface area contributed by atoms with Crippen LogP contribution in [-0.4, -0.2) is 56.1 Å². The van der Waals surface area contributed by atoms with E-state index >= 15 is 0 Å². The van der Waals surface area contributed by atoms with Gasteiger partial charge in [0.05, 0.1) is 11.4 Å². The van der Waals surface area contributed by atoms with Crippen LogP contribution in [0.1, 0.15) is 21.5 Å². The van der Waals surface area contributed by atoms with E-state index in [0.717, 1.165) is 11.1 Å². The molecule has 7 heteroatoms. The van der Waals surface area contributed by atoms with Gasteiger partial charge in [0.15, 0.2) is 5.78 Å².